The van der Waals surface area contributed by atoms with Gasteiger partial charge < -0.3 is 30.6 Å². The Morgan fingerprint density at radius 2 is 1.91 bits per heavy atom. The predicted molar refractivity (Wildman–Crippen MR) is 128 cm³/mol. The summed E-state index contributed by atoms with van der Waals surface area (Å²) in [6.45, 7) is 6.35. The Morgan fingerprint density at radius 1 is 1.16 bits per heavy atom. The number of fused-ring (bicyclic) bond motifs is 1. The summed E-state index contributed by atoms with van der Waals surface area (Å²) < 4.78 is 7.15. The van der Waals surface area contributed by atoms with E-state index in [4.69, 9.17) is 15.5 Å². The zero-order valence-corrected chi connectivity index (χ0v) is 18.6. The number of rotatable bonds is 8. The van der Waals surface area contributed by atoms with Gasteiger partial charge in [-0.25, -0.2) is 9.78 Å². The van der Waals surface area contributed by atoms with E-state index in [0.29, 0.717) is 19.2 Å². The lowest BCUT2D eigenvalue weighted by molar-refractivity contribution is 0.148. The van der Waals surface area contributed by atoms with Crippen molar-refractivity contribution < 1.29 is 9.53 Å². The van der Waals surface area contributed by atoms with Gasteiger partial charge in [0, 0.05) is 37.9 Å². The van der Waals surface area contributed by atoms with Crippen molar-refractivity contribution in [3.05, 3.63) is 54.1 Å². The van der Waals surface area contributed by atoms with Crippen LogP contribution in [0.1, 0.15) is 25.3 Å². The van der Waals surface area contributed by atoms with Crippen molar-refractivity contribution in [2.45, 2.75) is 32.4 Å². The van der Waals surface area contributed by atoms with Gasteiger partial charge in [-0.15, -0.1) is 0 Å². The van der Waals surface area contributed by atoms with Crippen LogP contribution in [0.2, 0.25) is 0 Å². The highest BCUT2D eigenvalue weighted by atomic mass is 16.5. The van der Waals surface area contributed by atoms with Crippen molar-refractivity contribution in [2.24, 2.45) is 0 Å². The number of alkyl carbamates (subject to hydrolysis) is 1. The summed E-state index contributed by atoms with van der Waals surface area (Å²) in [6, 6.07) is 16.6. The van der Waals surface area contributed by atoms with Gasteiger partial charge in [0.05, 0.1) is 24.2 Å². The minimum atomic E-state index is -0.343. The summed E-state index contributed by atoms with van der Waals surface area (Å²) in [5, 5.41) is 6.48. The molecule has 8 nitrogen and oxygen atoms in total. The molecule has 4 N–H and O–H groups in total. The number of carbonyl (C=O) groups is 1. The summed E-state index contributed by atoms with van der Waals surface area (Å²) in [6.07, 6.45) is 1.72. The van der Waals surface area contributed by atoms with Crippen LogP contribution in [0.25, 0.3) is 11.0 Å². The lowest BCUT2D eigenvalue weighted by Crippen LogP contribution is -2.43. The number of piperidine rings is 1. The second kappa shape index (κ2) is 10.4. The van der Waals surface area contributed by atoms with Crippen LogP contribution in [0.15, 0.2) is 48.5 Å². The lowest BCUT2D eigenvalue weighted by atomic mass is 10.1. The number of likely N-dealkylation sites (tertiary alicyclic amines) is 1. The summed E-state index contributed by atoms with van der Waals surface area (Å²) in [5.41, 5.74) is 9.92. The van der Waals surface area contributed by atoms with E-state index in [9.17, 15) is 4.79 Å². The number of nitrogens with one attached hydrogen (secondary N) is 2. The first-order valence-corrected chi connectivity index (χ1v) is 11.3. The SMILES string of the molecule is CCOC(=O)NCCN1CCC(Nc2nc3ccccc3n2Cc2ccc(N)cc2)CC1. The Bertz CT molecular complexity index is 1020. The molecule has 0 atom stereocenters. The van der Waals surface area contributed by atoms with Crippen LogP contribution in [-0.4, -0.2) is 59.4 Å². The molecule has 1 amide bonds. The number of amides is 1. The highest BCUT2D eigenvalue weighted by molar-refractivity contribution is 5.78. The first-order chi connectivity index (χ1) is 15.6. The van der Waals surface area contributed by atoms with Crippen molar-refractivity contribution in [1.29, 1.82) is 0 Å². The van der Waals surface area contributed by atoms with Gasteiger partial charge in [-0.05, 0) is 49.6 Å². The van der Waals surface area contributed by atoms with E-state index in [1.165, 1.54) is 5.56 Å². The van der Waals surface area contributed by atoms with E-state index in [1.54, 1.807) is 6.92 Å². The van der Waals surface area contributed by atoms with Gasteiger partial charge in [0.15, 0.2) is 0 Å². The molecule has 2 aromatic carbocycles. The monoisotopic (exact) mass is 436 g/mol. The molecule has 1 saturated heterocycles. The third-order valence-corrected chi connectivity index (χ3v) is 5.87. The molecule has 1 aromatic heterocycles. The third-order valence-electron chi connectivity index (χ3n) is 5.87. The first-order valence-electron chi connectivity index (χ1n) is 11.3. The molecule has 0 saturated carbocycles. The average molecular weight is 437 g/mol. The lowest BCUT2D eigenvalue weighted by Gasteiger charge is -2.32. The van der Waals surface area contributed by atoms with Crippen molar-refractivity contribution >= 4 is 28.8 Å². The highest BCUT2D eigenvalue weighted by Gasteiger charge is 2.21. The molecule has 0 aliphatic carbocycles. The van der Waals surface area contributed by atoms with E-state index in [-0.39, 0.29) is 6.09 Å². The topological polar surface area (TPSA) is 97.4 Å². The molecule has 32 heavy (non-hydrogen) atoms. The maximum Gasteiger partial charge on any atom is 0.407 e. The van der Waals surface area contributed by atoms with Crippen LogP contribution in [0.4, 0.5) is 16.4 Å². The molecular weight excluding hydrogens is 404 g/mol. The number of nitrogen functional groups attached to an aromatic ring is 1. The van der Waals surface area contributed by atoms with Crippen LogP contribution in [0.5, 0.6) is 0 Å². The molecule has 2 heterocycles. The fourth-order valence-electron chi connectivity index (χ4n) is 4.13. The van der Waals surface area contributed by atoms with Gasteiger partial charge in [-0.2, -0.15) is 0 Å². The quantitative estimate of drug-likeness (QED) is 0.469. The summed E-state index contributed by atoms with van der Waals surface area (Å²) in [4.78, 5) is 18.7. The number of para-hydroxylation sites is 2. The van der Waals surface area contributed by atoms with Gasteiger partial charge in [0.2, 0.25) is 5.95 Å². The maximum atomic E-state index is 11.4. The number of hydrogen-bond donors (Lipinski definition) is 3. The van der Waals surface area contributed by atoms with Crippen LogP contribution in [-0.2, 0) is 11.3 Å². The van der Waals surface area contributed by atoms with E-state index < -0.39 is 0 Å². The minimum absolute atomic E-state index is 0.343. The van der Waals surface area contributed by atoms with Gasteiger partial charge in [0.25, 0.3) is 0 Å². The largest absolute Gasteiger partial charge is 0.450 e. The van der Waals surface area contributed by atoms with Crippen molar-refractivity contribution in [1.82, 2.24) is 19.8 Å². The summed E-state index contributed by atoms with van der Waals surface area (Å²) in [7, 11) is 0. The number of imidazole rings is 1. The first kappa shape index (κ1) is 22.0. The normalized spacial score (nSPS) is 15.0. The number of nitrogens with zero attached hydrogens (tertiary/aromatic N) is 3. The van der Waals surface area contributed by atoms with Crippen LogP contribution in [0.3, 0.4) is 0 Å². The van der Waals surface area contributed by atoms with E-state index >= 15 is 0 Å². The third kappa shape index (κ3) is 5.50. The Kier molecular flexibility index (Phi) is 7.11. The molecule has 0 radical (unpaired) electrons. The number of nitrogens with two attached hydrogens (primary N) is 1. The number of carbonyl (C=O) groups excluding carboxylic acids is 1. The van der Waals surface area contributed by atoms with Crippen molar-refractivity contribution in [3.8, 4) is 0 Å². The number of ether oxygens (including phenoxy) is 1. The zero-order valence-electron chi connectivity index (χ0n) is 18.6. The molecule has 0 bridgehead atoms. The molecular formula is C24H32N6O2. The molecule has 0 unspecified atom stereocenters. The van der Waals surface area contributed by atoms with Crippen LogP contribution in [0, 0.1) is 0 Å². The van der Waals surface area contributed by atoms with Gasteiger partial charge in [-0.3, -0.25) is 0 Å². The number of anilines is 2. The molecule has 0 spiro atoms. The molecule has 8 heteroatoms. The number of hydrogen-bond acceptors (Lipinski definition) is 6. The van der Waals surface area contributed by atoms with Gasteiger partial charge >= 0.3 is 6.09 Å². The molecule has 4 rings (SSSR count). The Balaban J connectivity index is 1.37. The van der Waals surface area contributed by atoms with Gasteiger partial charge in [-0.1, -0.05) is 24.3 Å². The van der Waals surface area contributed by atoms with Crippen molar-refractivity contribution in [3.63, 3.8) is 0 Å². The Labute approximate surface area is 188 Å². The molecule has 1 aliphatic rings. The standard InChI is InChI=1S/C24H32N6O2/c1-2-32-24(31)26-13-16-29-14-11-20(12-15-29)27-23-28-21-5-3-4-6-22(21)30(23)17-18-7-9-19(25)10-8-18/h3-10,20H,2,11-17,25H2,1H3,(H,26,31)(H,27,28). The molecule has 3 aromatic rings. The highest BCUT2D eigenvalue weighted by Crippen LogP contribution is 2.24. The zero-order chi connectivity index (χ0) is 22.3. The molecule has 1 fully saturated rings. The maximum absolute atomic E-state index is 11.4. The molecule has 1 aliphatic heterocycles. The second-order valence-corrected chi connectivity index (χ2v) is 8.16. The van der Waals surface area contributed by atoms with E-state index in [0.717, 1.165) is 61.7 Å². The Morgan fingerprint density at radius 3 is 2.66 bits per heavy atom. The fourth-order valence-corrected chi connectivity index (χ4v) is 4.13. The van der Waals surface area contributed by atoms with E-state index in [1.807, 2.05) is 18.2 Å². The number of benzene rings is 2. The average Bonchev–Trinajstić information content (AvgIpc) is 3.13. The van der Waals surface area contributed by atoms with Crippen LogP contribution < -0.4 is 16.4 Å². The van der Waals surface area contributed by atoms with Crippen molar-refractivity contribution in [2.75, 3.05) is 43.8 Å². The fraction of sp³-hybridized carbons (Fsp3) is 0.417. The summed E-state index contributed by atoms with van der Waals surface area (Å²) in [5.74, 6) is 0.908. The molecule has 170 valence electrons. The second-order valence-electron chi connectivity index (χ2n) is 8.16. The minimum Gasteiger partial charge on any atom is -0.450 e. The van der Waals surface area contributed by atoms with E-state index in [2.05, 4.69) is 50.4 Å². The van der Waals surface area contributed by atoms with Crippen LogP contribution >= 0.6 is 0 Å². The predicted octanol–water partition coefficient (Wildman–Crippen LogP) is 3.29. The summed E-state index contributed by atoms with van der Waals surface area (Å²) >= 11 is 0. The Hall–Kier alpha value is -3.26. The van der Waals surface area contributed by atoms with Gasteiger partial charge in [0.1, 0.15) is 0 Å². The number of aromatic nitrogens is 2. The smallest absolute Gasteiger partial charge is 0.407 e.